The highest BCUT2D eigenvalue weighted by Crippen LogP contribution is 2.33. The Morgan fingerprint density at radius 3 is 2.50 bits per heavy atom. The van der Waals surface area contributed by atoms with Gasteiger partial charge in [0.25, 0.3) is 0 Å². The number of hydrogen-bond donors (Lipinski definition) is 1. The van der Waals surface area contributed by atoms with Crippen LogP contribution in [-0.2, 0) is 12.6 Å². The Labute approximate surface area is 168 Å². The van der Waals surface area contributed by atoms with Crippen molar-refractivity contribution in [1.82, 2.24) is 20.2 Å². The lowest BCUT2D eigenvalue weighted by Gasteiger charge is -2.30. The monoisotopic (exact) mass is 427 g/mol. The number of aromatic nitrogens is 4. The molecule has 148 valence electrons. The number of H-pyrrole nitrogens is 1. The summed E-state index contributed by atoms with van der Waals surface area (Å²) in [6.07, 6.45) is -1.39. The highest BCUT2D eigenvalue weighted by molar-refractivity contribution is 7.15. The third-order valence-electron chi connectivity index (χ3n) is 4.78. The van der Waals surface area contributed by atoms with Crippen molar-refractivity contribution in [3.8, 4) is 0 Å². The lowest BCUT2D eigenvalue weighted by Crippen LogP contribution is -2.33. The van der Waals surface area contributed by atoms with E-state index in [0.717, 1.165) is 34.7 Å². The van der Waals surface area contributed by atoms with Crippen LogP contribution in [0.1, 0.15) is 40.8 Å². The topological polar surface area (TPSA) is 57.7 Å². The van der Waals surface area contributed by atoms with Crippen molar-refractivity contribution in [1.29, 1.82) is 0 Å². The third-order valence-corrected chi connectivity index (χ3v) is 6.01. The van der Waals surface area contributed by atoms with Gasteiger partial charge in [-0.1, -0.05) is 35.1 Å². The van der Waals surface area contributed by atoms with Gasteiger partial charge in [0.15, 0.2) is 0 Å². The molecule has 3 heterocycles. The lowest BCUT2D eigenvalue weighted by atomic mass is 9.96. The Hall–Kier alpha value is -2.13. The summed E-state index contributed by atoms with van der Waals surface area (Å²) in [6.45, 7) is 1.42. The summed E-state index contributed by atoms with van der Waals surface area (Å²) in [7, 11) is 0. The van der Waals surface area contributed by atoms with Gasteiger partial charge < -0.3 is 9.88 Å². The van der Waals surface area contributed by atoms with Gasteiger partial charge in [0.05, 0.1) is 6.20 Å². The summed E-state index contributed by atoms with van der Waals surface area (Å²) in [5, 5.41) is 11.0. The molecule has 4 rings (SSSR count). The number of imidazole rings is 1. The molecule has 10 heteroatoms. The van der Waals surface area contributed by atoms with Gasteiger partial charge in [-0.2, -0.15) is 13.2 Å². The number of hydrogen-bond acceptors (Lipinski definition) is 5. The maximum absolute atomic E-state index is 12.7. The molecule has 0 amide bonds. The van der Waals surface area contributed by atoms with Gasteiger partial charge in [-0.15, -0.1) is 10.2 Å². The Morgan fingerprint density at radius 1 is 1.14 bits per heavy atom. The second kappa shape index (κ2) is 7.71. The Balaban J connectivity index is 1.36. The number of halogens is 4. The second-order valence-electron chi connectivity index (χ2n) is 6.72. The van der Waals surface area contributed by atoms with Crippen molar-refractivity contribution in [2.45, 2.75) is 31.4 Å². The van der Waals surface area contributed by atoms with Crippen LogP contribution in [0.3, 0.4) is 0 Å². The molecule has 1 saturated heterocycles. The van der Waals surface area contributed by atoms with E-state index in [0.29, 0.717) is 30.4 Å². The molecule has 1 aliphatic rings. The standard InChI is InChI=1S/C18H17ClF3N5S/c19-13-3-1-11(2-4-13)9-15-25-26-17(28-15)27-7-5-12(6-8-27)16-23-10-14(24-16)18(20,21)22/h1-4,10,12H,5-9H2,(H,23,24). The van der Waals surface area contributed by atoms with Crippen molar-refractivity contribution >= 4 is 28.1 Å². The lowest BCUT2D eigenvalue weighted by molar-refractivity contribution is -0.141. The molecule has 0 radical (unpaired) electrons. The zero-order valence-corrected chi connectivity index (χ0v) is 16.3. The molecule has 0 saturated carbocycles. The van der Waals surface area contributed by atoms with Crippen LogP contribution in [0.2, 0.25) is 5.02 Å². The third kappa shape index (κ3) is 4.30. The maximum atomic E-state index is 12.7. The number of alkyl halides is 3. The molecule has 0 atom stereocenters. The molecule has 2 aromatic heterocycles. The minimum absolute atomic E-state index is 0.00573. The fourth-order valence-electron chi connectivity index (χ4n) is 3.25. The largest absolute Gasteiger partial charge is 0.432 e. The van der Waals surface area contributed by atoms with E-state index in [1.54, 1.807) is 11.3 Å². The SMILES string of the molecule is FC(F)(F)c1cnc(C2CCN(c3nnc(Cc4ccc(Cl)cc4)s3)CC2)[nH]1. The molecule has 1 aliphatic heterocycles. The first kappa shape index (κ1) is 19.2. The molecule has 0 unspecified atom stereocenters. The fourth-order valence-corrected chi connectivity index (χ4v) is 4.30. The van der Waals surface area contributed by atoms with Gasteiger partial charge in [-0.3, -0.25) is 0 Å². The fraction of sp³-hybridized carbons (Fsp3) is 0.389. The van der Waals surface area contributed by atoms with Crippen LogP contribution in [0.25, 0.3) is 0 Å². The summed E-state index contributed by atoms with van der Waals surface area (Å²) in [5.74, 6) is 0.404. The summed E-state index contributed by atoms with van der Waals surface area (Å²) >= 11 is 7.45. The number of rotatable bonds is 4. The Kier molecular flexibility index (Phi) is 5.29. The van der Waals surface area contributed by atoms with Crippen LogP contribution in [0.15, 0.2) is 30.5 Å². The predicted molar refractivity (Wildman–Crippen MR) is 102 cm³/mol. The summed E-state index contributed by atoms with van der Waals surface area (Å²) in [5.41, 5.74) is 0.324. The first-order valence-electron chi connectivity index (χ1n) is 8.82. The summed E-state index contributed by atoms with van der Waals surface area (Å²) in [4.78, 5) is 8.49. The van der Waals surface area contributed by atoms with E-state index in [2.05, 4.69) is 25.1 Å². The average Bonchev–Trinajstić information content (AvgIpc) is 3.33. The molecule has 1 aromatic carbocycles. The highest BCUT2D eigenvalue weighted by Gasteiger charge is 2.34. The first-order valence-corrected chi connectivity index (χ1v) is 10.0. The van der Waals surface area contributed by atoms with Gasteiger partial charge >= 0.3 is 6.18 Å². The van der Waals surface area contributed by atoms with E-state index < -0.39 is 11.9 Å². The van der Waals surface area contributed by atoms with Crippen LogP contribution >= 0.6 is 22.9 Å². The minimum Gasteiger partial charge on any atom is -0.347 e. The number of nitrogens with zero attached hydrogens (tertiary/aromatic N) is 4. The molecule has 5 nitrogen and oxygen atoms in total. The van der Waals surface area contributed by atoms with Crippen molar-refractivity contribution in [2.24, 2.45) is 0 Å². The number of anilines is 1. The number of aromatic amines is 1. The molecule has 28 heavy (non-hydrogen) atoms. The highest BCUT2D eigenvalue weighted by atomic mass is 35.5. The molecule has 0 bridgehead atoms. The van der Waals surface area contributed by atoms with Crippen molar-refractivity contribution in [3.05, 3.63) is 57.6 Å². The molecule has 1 fully saturated rings. The molecule has 3 aromatic rings. The zero-order chi connectivity index (χ0) is 19.7. The normalized spacial score (nSPS) is 15.9. The number of piperidine rings is 1. The van der Waals surface area contributed by atoms with Crippen LogP contribution < -0.4 is 4.90 Å². The maximum Gasteiger partial charge on any atom is 0.432 e. The molecular formula is C18H17ClF3N5S. The van der Waals surface area contributed by atoms with E-state index in [-0.39, 0.29) is 5.92 Å². The van der Waals surface area contributed by atoms with E-state index in [4.69, 9.17) is 11.6 Å². The predicted octanol–water partition coefficient (Wildman–Crippen LogP) is 4.91. The van der Waals surface area contributed by atoms with Crippen LogP contribution in [0.4, 0.5) is 18.3 Å². The van der Waals surface area contributed by atoms with Gasteiger partial charge in [0.2, 0.25) is 5.13 Å². The molecule has 0 aliphatic carbocycles. The number of nitrogens with one attached hydrogen (secondary N) is 1. The quantitative estimate of drug-likeness (QED) is 0.642. The van der Waals surface area contributed by atoms with E-state index in [9.17, 15) is 13.2 Å². The Bertz CT molecular complexity index is 929. The van der Waals surface area contributed by atoms with Gasteiger partial charge in [0.1, 0.15) is 16.5 Å². The average molecular weight is 428 g/mol. The molecule has 0 spiro atoms. The van der Waals surface area contributed by atoms with Crippen LogP contribution in [0, 0.1) is 0 Å². The van der Waals surface area contributed by atoms with Crippen molar-refractivity contribution < 1.29 is 13.2 Å². The van der Waals surface area contributed by atoms with Gasteiger partial charge in [-0.25, -0.2) is 4.98 Å². The van der Waals surface area contributed by atoms with E-state index in [1.807, 2.05) is 24.3 Å². The summed E-state index contributed by atoms with van der Waals surface area (Å²) < 4.78 is 38.2. The Morgan fingerprint density at radius 2 is 1.86 bits per heavy atom. The minimum atomic E-state index is -4.39. The first-order chi connectivity index (χ1) is 13.4. The van der Waals surface area contributed by atoms with Crippen LogP contribution in [-0.4, -0.2) is 33.3 Å². The van der Waals surface area contributed by atoms with Gasteiger partial charge in [-0.05, 0) is 30.5 Å². The molecule has 1 N–H and O–H groups in total. The molecular weight excluding hydrogens is 411 g/mol. The zero-order valence-electron chi connectivity index (χ0n) is 14.7. The number of benzene rings is 1. The second-order valence-corrected chi connectivity index (χ2v) is 8.20. The summed E-state index contributed by atoms with van der Waals surface area (Å²) in [6, 6.07) is 7.63. The van der Waals surface area contributed by atoms with E-state index >= 15 is 0 Å². The van der Waals surface area contributed by atoms with E-state index in [1.165, 1.54) is 0 Å². The smallest absolute Gasteiger partial charge is 0.347 e. The van der Waals surface area contributed by atoms with Crippen LogP contribution in [0.5, 0.6) is 0 Å². The van der Waals surface area contributed by atoms with Crippen molar-refractivity contribution in [3.63, 3.8) is 0 Å². The van der Waals surface area contributed by atoms with Gasteiger partial charge in [0, 0.05) is 30.5 Å². The van der Waals surface area contributed by atoms with Crippen molar-refractivity contribution in [2.75, 3.05) is 18.0 Å².